The summed E-state index contributed by atoms with van der Waals surface area (Å²) < 4.78 is 11.7. The normalized spacial score (nSPS) is 13.3. The van der Waals surface area contributed by atoms with Crippen LogP contribution in [0.2, 0.25) is 0 Å². The van der Waals surface area contributed by atoms with Gasteiger partial charge in [0, 0.05) is 48.9 Å². The van der Waals surface area contributed by atoms with Crippen LogP contribution in [-0.2, 0) is 19.7 Å². The van der Waals surface area contributed by atoms with Gasteiger partial charge in [0.05, 0.1) is 6.61 Å². The topological polar surface area (TPSA) is 56.3 Å². The Bertz CT molecular complexity index is 865. The maximum absolute atomic E-state index is 5.98. The van der Waals surface area contributed by atoms with Crippen LogP contribution in [0, 0.1) is 5.92 Å². The van der Waals surface area contributed by atoms with E-state index in [-0.39, 0.29) is 0 Å². The van der Waals surface area contributed by atoms with Gasteiger partial charge in [-0.1, -0.05) is 30.3 Å². The van der Waals surface area contributed by atoms with Crippen LogP contribution in [0.5, 0.6) is 11.6 Å². The van der Waals surface area contributed by atoms with Crippen molar-refractivity contribution < 1.29 is 9.47 Å². The Balaban J connectivity index is 1.26. The van der Waals surface area contributed by atoms with Crippen LogP contribution in [0.4, 0.5) is 0 Å². The van der Waals surface area contributed by atoms with Crippen LogP contribution in [0.15, 0.2) is 67.1 Å². The fourth-order valence-electron chi connectivity index (χ4n) is 2.87. The van der Waals surface area contributed by atoms with Crippen LogP contribution in [0.25, 0.3) is 0 Å². The van der Waals surface area contributed by atoms with E-state index in [1.54, 1.807) is 6.20 Å². The molecule has 3 aromatic rings. The number of nitrogens with zero attached hydrogens (tertiary/aromatic N) is 2. The highest BCUT2D eigenvalue weighted by Gasteiger charge is 2.22. The Morgan fingerprint density at radius 3 is 2.61 bits per heavy atom. The third kappa shape index (κ3) is 5.54. The molecule has 144 valence electrons. The first-order valence-corrected chi connectivity index (χ1v) is 9.75. The Kier molecular flexibility index (Phi) is 6.15. The average molecular weight is 375 g/mol. The SMILES string of the molecule is c1cncc(COc2ccccc2CNCc2ccc(OCC3CC3)nc2)c1. The zero-order chi connectivity index (χ0) is 19.0. The second-order valence-electron chi connectivity index (χ2n) is 7.12. The van der Waals surface area contributed by atoms with Crippen LogP contribution >= 0.6 is 0 Å². The number of para-hydroxylation sites is 1. The lowest BCUT2D eigenvalue weighted by Gasteiger charge is -2.12. The van der Waals surface area contributed by atoms with Crippen molar-refractivity contribution in [3.8, 4) is 11.6 Å². The minimum absolute atomic E-state index is 0.511. The lowest BCUT2D eigenvalue weighted by molar-refractivity contribution is 0.288. The van der Waals surface area contributed by atoms with Gasteiger partial charge in [0.25, 0.3) is 0 Å². The Hall–Kier alpha value is -2.92. The van der Waals surface area contributed by atoms with Crippen molar-refractivity contribution in [1.29, 1.82) is 0 Å². The molecule has 0 spiro atoms. The maximum Gasteiger partial charge on any atom is 0.213 e. The van der Waals surface area contributed by atoms with Gasteiger partial charge in [0.15, 0.2) is 0 Å². The molecule has 1 fully saturated rings. The Morgan fingerprint density at radius 2 is 1.82 bits per heavy atom. The number of pyridine rings is 2. The predicted molar refractivity (Wildman–Crippen MR) is 108 cm³/mol. The summed E-state index contributed by atoms with van der Waals surface area (Å²) in [6.45, 7) is 2.77. The maximum atomic E-state index is 5.98. The summed E-state index contributed by atoms with van der Waals surface area (Å²) in [5.41, 5.74) is 3.32. The number of nitrogens with one attached hydrogen (secondary N) is 1. The predicted octanol–water partition coefficient (Wildman–Crippen LogP) is 4.13. The molecule has 0 radical (unpaired) electrons. The monoisotopic (exact) mass is 375 g/mol. The summed E-state index contributed by atoms with van der Waals surface area (Å²) in [5, 5.41) is 3.46. The van der Waals surface area contributed by atoms with Gasteiger partial charge in [-0.25, -0.2) is 4.98 Å². The molecule has 2 aromatic heterocycles. The van der Waals surface area contributed by atoms with Gasteiger partial charge in [-0.3, -0.25) is 4.98 Å². The quantitative estimate of drug-likeness (QED) is 0.577. The molecule has 0 bridgehead atoms. The van der Waals surface area contributed by atoms with Crippen molar-refractivity contribution in [2.24, 2.45) is 5.92 Å². The van der Waals surface area contributed by atoms with E-state index in [1.807, 2.05) is 48.8 Å². The molecule has 0 amide bonds. The van der Waals surface area contributed by atoms with E-state index >= 15 is 0 Å². The third-order valence-electron chi connectivity index (χ3n) is 4.70. The molecule has 0 aliphatic heterocycles. The largest absolute Gasteiger partial charge is 0.489 e. The molecule has 1 aliphatic rings. The van der Waals surface area contributed by atoms with Gasteiger partial charge in [-0.15, -0.1) is 0 Å². The molecule has 28 heavy (non-hydrogen) atoms. The molecule has 1 aromatic carbocycles. The van der Waals surface area contributed by atoms with Gasteiger partial charge in [-0.2, -0.15) is 0 Å². The number of hydrogen-bond donors (Lipinski definition) is 1. The number of hydrogen-bond acceptors (Lipinski definition) is 5. The molecule has 1 N–H and O–H groups in total. The van der Waals surface area contributed by atoms with E-state index in [1.165, 1.54) is 12.8 Å². The highest BCUT2D eigenvalue weighted by Crippen LogP contribution is 2.29. The zero-order valence-electron chi connectivity index (χ0n) is 15.9. The summed E-state index contributed by atoms with van der Waals surface area (Å²) in [6, 6.07) is 16.0. The van der Waals surface area contributed by atoms with Crippen molar-refractivity contribution in [1.82, 2.24) is 15.3 Å². The van der Waals surface area contributed by atoms with Gasteiger partial charge in [0.1, 0.15) is 12.4 Å². The summed E-state index contributed by atoms with van der Waals surface area (Å²) in [5.74, 6) is 2.34. The molecule has 5 heteroatoms. The fourth-order valence-corrected chi connectivity index (χ4v) is 2.87. The average Bonchev–Trinajstić information content (AvgIpc) is 3.58. The number of aromatic nitrogens is 2. The lowest BCUT2D eigenvalue weighted by atomic mass is 10.2. The van der Waals surface area contributed by atoms with E-state index in [0.29, 0.717) is 12.5 Å². The van der Waals surface area contributed by atoms with Gasteiger partial charge < -0.3 is 14.8 Å². The number of benzene rings is 1. The fraction of sp³-hybridized carbons (Fsp3) is 0.304. The van der Waals surface area contributed by atoms with Crippen molar-refractivity contribution in [2.45, 2.75) is 32.5 Å². The molecule has 2 heterocycles. The van der Waals surface area contributed by atoms with Gasteiger partial charge >= 0.3 is 0 Å². The van der Waals surface area contributed by atoms with E-state index in [0.717, 1.165) is 48.1 Å². The van der Waals surface area contributed by atoms with Crippen LogP contribution in [-0.4, -0.2) is 16.6 Å². The number of ether oxygens (including phenoxy) is 2. The van der Waals surface area contributed by atoms with E-state index < -0.39 is 0 Å². The molecule has 0 atom stereocenters. The van der Waals surface area contributed by atoms with Crippen molar-refractivity contribution >= 4 is 0 Å². The smallest absolute Gasteiger partial charge is 0.213 e. The van der Waals surface area contributed by atoms with Gasteiger partial charge in [0.2, 0.25) is 5.88 Å². The molecular formula is C23H25N3O2. The minimum Gasteiger partial charge on any atom is -0.489 e. The standard InChI is InChI=1S/C23H25N3O2/c1-2-6-22(27-17-20-4-3-11-24-13-20)21(5-1)15-25-12-19-9-10-23(26-14-19)28-16-18-7-8-18/h1-6,9-11,13-14,18,25H,7-8,12,15-17H2. The third-order valence-corrected chi connectivity index (χ3v) is 4.70. The highest BCUT2D eigenvalue weighted by molar-refractivity contribution is 5.33. The van der Waals surface area contributed by atoms with E-state index in [2.05, 4.69) is 27.4 Å². The molecule has 5 nitrogen and oxygen atoms in total. The highest BCUT2D eigenvalue weighted by atomic mass is 16.5. The summed E-state index contributed by atoms with van der Waals surface area (Å²) in [6.07, 6.45) is 8.04. The first kappa shape index (κ1) is 18.4. The summed E-state index contributed by atoms with van der Waals surface area (Å²) in [4.78, 5) is 8.52. The van der Waals surface area contributed by atoms with Crippen LogP contribution in [0.3, 0.4) is 0 Å². The van der Waals surface area contributed by atoms with Crippen molar-refractivity contribution in [2.75, 3.05) is 6.61 Å². The molecule has 0 saturated heterocycles. The first-order chi connectivity index (χ1) is 13.9. The Morgan fingerprint density at radius 1 is 0.893 bits per heavy atom. The summed E-state index contributed by atoms with van der Waals surface area (Å²) >= 11 is 0. The van der Waals surface area contributed by atoms with E-state index in [9.17, 15) is 0 Å². The number of rotatable bonds is 10. The Labute approximate surface area is 165 Å². The lowest BCUT2D eigenvalue weighted by Crippen LogP contribution is -2.14. The second-order valence-corrected chi connectivity index (χ2v) is 7.12. The summed E-state index contributed by atoms with van der Waals surface area (Å²) in [7, 11) is 0. The molecule has 1 saturated carbocycles. The van der Waals surface area contributed by atoms with Crippen LogP contribution < -0.4 is 14.8 Å². The second kappa shape index (κ2) is 9.33. The molecular weight excluding hydrogens is 350 g/mol. The molecule has 1 aliphatic carbocycles. The first-order valence-electron chi connectivity index (χ1n) is 9.75. The molecule has 4 rings (SSSR count). The van der Waals surface area contributed by atoms with Gasteiger partial charge in [-0.05, 0) is 36.5 Å². The molecule has 0 unspecified atom stereocenters. The minimum atomic E-state index is 0.511. The van der Waals surface area contributed by atoms with E-state index in [4.69, 9.17) is 9.47 Å². The van der Waals surface area contributed by atoms with Crippen molar-refractivity contribution in [3.05, 3.63) is 83.8 Å². The van der Waals surface area contributed by atoms with Crippen molar-refractivity contribution in [3.63, 3.8) is 0 Å². The van der Waals surface area contributed by atoms with Crippen LogP contribution in [0.1, 0.15) is 29.5 Å². The zero-order valence-corrected chi connectivity index (χ0v) is 15.9.